The van der Waals surface area contributed by atoms with Gasteiger partial charge in [-0.3, -0.25) is 4.79 Å². The van der Waals surface area contributed by atoms with Crippen LogP contribution in [-0.4, -0.2) is 13.0 Å². The van der Waals surface area contributed by atoms with Gasteiger partial charge in [-0.2, -0.15) is 0 Å². The number of hydrogen-bond acceptors (Lipinski definition) is 2. The number of methoxy groups -OCH3 is 1. The number of amides is 1. The normalized spacial score (nSPS) is 12.1. The summed E-state index contributed by atoms with van der Waals surface area (Å²) < 4.78 is 5.22. The topological polar surface area (TPSA) is 38.3 Å². The number of carbonyl (C=O) groups excluding carboxylic acids is 1. The van der Waals surface area contributed by atoms with Crippen LogP contribution in [0.1, 0.15) is 53.4 Å². The number of nitrogens with one attached hydrogen (secondary N) is 1. The van der Waals surface area contributed by atoms with Gasteiger partial charge in [-0.25, -0.2) is 0 Å². The van der Waals surface area contributed by atoms with E-state index in [1.54, 1.807) is 7.11 Å². The summed E-state index contributed by atoms with van der Waals surface area (Å²) >= 11 is 0. The standard InChI is InChI=1S/C21H27NO2/c1-14(2)12-20(17-7-9-18(24-5)10-8-17)22-21(23)19-11-6-15(3)13-16(19)4/h6-11,13-14,20H,12H2,1-5H3,(H,22,23)/t20-/m1/s1. The van der Waals surface area contributed by atoms with E-state index in [2.05, 4.69) is 19.2 Å². The first-order valence-corrected chi connectivity index (χ1v) is 8.42. The van der Waals surface area contributed by atoms with Gasteiger partial charge >= 0.3 is 0 Å². The molecule has 3 heteroatoms. The number of benzene rings is 2. The summed E-state index contributed by atoms with van der Waals surface area (Å²) in [6.07, 6.45) is 0.892. The van der Waals surface area contributed by atoms with E-state index in [9.17, 15) is 4.79 Å². The summed E-state index contributed by atoms with van der Waals surface area (Å²) in [4.78, 5) is 12.7. The van der Waals surface area contributed by atoms with Crippen LogP contribution in [0, 0.1) is 19.8 Å². The van der Waals surface area contributed by atoms with Gasteiger partial charge in [0.1, 0.15) is 5.75 Å². The lowest BCUT2D eigenvalue weighted by atomic mass is 9.96. The van der Waals surface area contributed by atoms with Crippen LogP contribution >= 0.6 is 0 Å². The zero-order chi connectivity index (χ0) is 17.7. The molecule has 0 aliphatic carbocycles. The van der Waals surface area contributed by atoms with Crippen molar-refractivity contribution in [1.29, 1.82) is 0 Å². The van der Waals surface area contributed by atoms with Crippen LogP contribution in [0.5, 0.6) is 5.75 Å². The molecule has 128 valence electrons. The van der Waals surface area contributed by atoms with Gasteiger partial charge in [0.15, 0.2) is 0 Å². The number of carbonyl (C=O) groups is 1. The minimum absolute atomic E-state index is 0.0101. The summed E-state index contributed by atoms with van der Waals surface area (Å²) in [5, 5.41) is 3.20. The Morgan fingerprint density at radius 3 is 2.29 bits per heavy atom. The number of hydrogen-bond donors (Lipinski definition) is 1. The first-order valence-electron chi connectivity index (χ1n) is 8.42. The lowest BCUT2D eigenvalue weighted by Gasteiger charge is -2.22. The molecule has 1 atom stereocenters. The fourth-order valence-corrected chi connectivity index (χ4v) is 2.89. The molecule has 2 aromatic rings. The molecule has 0 radical (unpaired) electrons. The van der Waals surface area contributed by atoms with Gasteiger partial charge in [0, 0.05) is 5.56 Å². The Balaban J connectivity index is 2.22. The number of ether oxygens (including phenoxy) is 1. The minimum Gasteiger partial charge on any atom is -0.497 e. The van der Waals surface area contributed by atoms with E-state index in [0.717, 1.165) is 34.4 Å². The van der Waals surface area contributed by atoms with E-state index in [1.807, 2.05) is 56.3 Å². The molecule has 0 saturated heterocycles. The average molecular weight is 325 g/mol. The van der Waals surface area contributed by atoms with E-state index >= 15 is 0 Å². The molecule has 0 spiro atoms. The molecule has 1 amide bonds. The van der Waals surface area contributed by atoms with Gasteiger partial charge in [-0.1, -0.05) is 43.7 Å². The smallest absolute Gasteiger partial charge is 0.252 e. The van der Waals surface area contributed by atoms with Crippen molar-refractivity contribution in [3.8, 4) is 5.75 Å². The molecule has 0 aliphatic rings. The molecule has 24 heavy (non-hydrogen) atoms. The molecule has 0 saturated carbocycles. The predicted octanol–water partition coefficient (Wildman–Crippen LogP) is 4.83. The predicted molar refractivity (Wildman–Crippen MR) is 98.6 cm³/mol. The second-order valence-electron chi connectivity index (χ2n) is 6.75. The zero-order valence-corrected chi connectivity index (χ0v) is 15.2. The summed E-state index contributed by atoms with van der Waals surface area (Å²) in [5.41, 5.74) is 4.01. The quantitative estimate of drug-likeness (QED) is 0.826. The fourth-order valence-electron chi connectivity index (χ4n) is 2.89. The van der Waals surface area contributed by atoms with E-state index < -0.39 is 0 Å². The molecule has 2 aromatic carbocycles. The van der Waals surface area contributed by atoms with Crippen molar-refractivity contribution in [2.75, 3.05) is 7.11 Å². The van der Waals surface area contributed by atoms with Gasteiger partial charge in [0.2, 0.25) is 0 Å². The van der Waals surface area contributed by atoms with Crippen molar-refractivity contribution in [2.24, 2.45) is 5.92 Å². The van der Waals surface area contributed by atoms with Gasteiger partial charge < -0.3 is 10.1 Å². The molecule has 0 heterocycles. The lowest BCUT2D eigenvalue weighted by molar-refractivity contribution is 0.0931. The van der Waals surface area contributed by atoms with E-state index in [-0.39, 0.29) is 11.9 Å². The molecular weight excluding hydrogens is 298 g/mol. The molecule has 0 bridgehead atoms. The maximum absolute atomic E-state index is 12.7. The number of aryl methyl sites for hydroxylation is 2. The number of rotatable bonds is 6. The highest BCUT2D eigenvalue weighted by molar-refractivity contribution is 5.95. The van der Waals surface area contributed by atoms with Crippen molar-refractivity contribution in [1.82, 2.24) is 5.32 Å². The maximum Gasteiger partial charge on any atom is 0.252 e. The summed E-state index contributed by atoms with van der Waals surface area (Å²) in [6, 6.07) is 13.8. The highest BCUT2D eigenvalue weighted by atomic mass is 16.5. The molecular formula is C21H27NO2. The Hall–Kier alpha value is -2.29. The van der Waals surface area contributed by atoms with Gasteiger partial charge in [0.25, 0.3) is 5.91 Å². The molecule has 0 aromatic heterocycles. The Bertz CT molecular complexity index is 689. The van der Waals surface area contributed by atoms with E-state index in [4.69, 9.17) is 4.74 Å². The summed E-state index contributed by atoms with van der Waals surface area (Å²) in [7, 11) is 1.66. The van der Waals surface area contributed by atoms with Crippen LogP contribution in [-0.2, 0) is 0 Å². The highest BCUT2D eigenvalue weighted by Crippen LogP contribution is 2.24. The van der Waals surface area contributed by atoms with Crippen LogP contribution < -0.4 is 10.1 Å². The van der Waals surface area contributed by atoms with Crippen molar-refractivity contribution in [2.45, 2.75) is 40.2 Å². The van der Waals surface area contributed by atoms with Crippen LogP contribution in [0.25, 0.3) is 0 Å². The average Bonchev–Trinajstić information content (AvgIpc) is 2.53. The molecule has 1 N–H and O–H groups in total. The van der Waals surface area contributed by atoms with E-state index in [1.165, 1.54) is 0 Å². The second-order valence-corrected chi connectivity index (χ2v) is 6.75. The van der Waals surface area contributed by atoms with Crippen LogP contribution in [0.4, 0.5) is 0 Å². The van der Waals surface area contributed by atoms with Gasteiger partial charge in [-0.05, 0) is 55.5 Å². The first-order chi connectivity index (χ1) is 11.4. The Morgan fingerprint density at radius 1 is 1.08 bits per heavy atom. The minimum atomic E-state index is -0.0195. The molecule has 0 fully saturated rings. The molecule has 2 rings (SSSR count). The maximum atomic E-state index is 12.7. The fraction of sp³-hybridized carbons (Fsp3) is 0.381. The third-order valence-corrected chi connectivity index (χ3v) is 4.16. The zero-order valence-electron chi connectivity index (χ0n) is 15.2. The SMILES string of the molecule is COc1ccc([C@@H](CC(C)C)NC(=O)c2ccc(C)cc2C)cc1. The Labute approximate surface area is 145 Å². The third-order valence-electron chi connectivity index (χ3n) is 4.16. The van der Waals surface area contributed by atoms with Crippen molar-refractivity contribution < 1.29 is 9.53 Å². The largest absolute Gasteiger partial charge is 0.497 e. The van der Waals surface area contributed by atoms with Crippen LogP contribution in [0.15, 0.2) is 42.5 Å². The molecule has 0 aliphatic heterocycles. The third kappa shape index (κ3) is 4.60. The molecule has 0 unspecified atom stereocenters. The van der Waals surface area contributed by atoms with Crippen molar-refractivity contribution in [3.05, 3.63) is 64.7 Å². The summed E-state index contributed by atoms with van der Waals surface area (Å²) in [6.45, 7) is 8.35. The lowest BCUT2D eigenvalue weighted by Crippen LogP contribution is -2.30. The van der Waals surface area contributed by atoms with Crippen LogP contribution in [0.3, 0.4) is 0 Å². The van der Waals surface area contributed by atoms with Crippen molar-refractivity contribution >= 4 is 5.91 Å². The summed E-state index contributed by atoms with van der Waals surface area (Å²) in [5.74, 6) is 1.29. The van der Waals surface area contributed by atoms with Crippen molar-refractivity contribution in [3.63, 3.8) is 0 Å². The Kier molecular flexibility index (Phi) is 6.02. The molecule has 3 nitrogen and oxygen atoms in total. The van der Waals surface area contributed by atoms with E-state index in [0.29, 0.717) is 5.92 Å². The van der Waals surface area contributed by atoms with Gasteiger partial charge in [-0.15, -0.1) is 0 Å². The first kappa shape index (κ1) is 18.1. The highest BCUT2D eigenvalue weighted by Gasteiger charge is 2.18. The van der Waals surface area contributed by atoms with Crippen LogP contribution in [0.2, 0.25) is 0 Å². The Morgan fingerprint density at radius 2 is 1.75 bits per heavy atom. The monoisotopic (exact) mass is 325 g/mol. The van der Waals surface area contributed by atoms with Gasteiger partial charge in [0.05, 0.1) is 13.2 Å². The second kappa shape index (κ2) is 8.00.